The van der Waals surface area contributed by atoms with Gasteiger partial charge in [-0.1, -0.05) is 0 Å². The Labute approximate surface area is 164 Å². The summed E-state index contributed by atoms with van der Waals surface area (Å²) in [5.74, 6) is -0.121. The smallest absolute Gasteiger partial charge is 0.355 e. The largest absolute Gasteiger partial charge is 0.467 e. The van der Waals surface area contributed by atoms with E-state index in [0.717, 1.165) is 12.8 Å². The number of aryl methyl sites for hydroxylation is 1. The molecule has 0 unspecified atom stereocenters. The fourth-order valence-electron chi connectivity index (χ4n) is 3.42. The molecule has 1 aliphatic carbocycles. The Balaban J connectivity index is 1.88. The second kappa shape index (κ2) is 8.04. The Kier molecular flexibility index (Phi) is 5.72. The lowest BCUT2D eigenvalue weighted by Gasteiger charge is -2.28. The van der Waals surface area contributed by atoms with E-state index in [-0.39, 0.29) is 36.5 Å². The third kappa shape index (κ3) is 3.88. The van der Waals surface area contributed by atoms with Gasteiger partial charge in [-0.25, -0.2) is 4.79 Å². The van der Waals surface area contributed by atoms with Crippen LogP contribution in [0.15, 0.2) is 22.8 Å². The lowest BCUT2D eigenvalue weighted by molar-refractivity contribution is -0.134. The molecular formula is C21H26N2O5. The maximum atomic E-state index is 13.3. The van der Waals surface area contributed by atoms with Gasteiger partial charge in [-0.2, -0.15) is 0 Å². The second-order valence-corrected chi connectivity index (χ2v) is 7.21. The summed E-state index contributed by atoms with van der Waals surface area (Å²) in [6.45, 7) is 7.41. The van der Waals surface area contributed by atoms with Crippen molar-refractivity contribution in [3.8, 4) is 0 Å². The van der Waals surface area contributed by atoms with Gasteiger partial charge in [-0.15, -0.1) is 0 Å². The van der Waals surface area contributed by atoms with Crippen LogP contribution >= 0.6 is 0 Å². The molecule has 2 aromatic heterocycles. The van der Waals surface area contributed by atoms with Gasteiger partial charge >= 0.3 is 5.97 Å². The molecule has 1 atom stereocenters. The number of hydrogen-bond donors (Lipinski definition) is 1. The molecule has 7 nitrogen and oxygen atoms in total. The van der Waals surface area contributed by atoms with Crippen LogP contribution in [0.5, 0.6) is 0 Å². The number of Topliss-reactive ketones (excluding diaryl/α,β-unsaturated/α-hetero) is 1. The number of furan rings is 1. The van der Waals surface area contributed by atoms with Crippen molar-refractivity contribution in [2.45, 2.75) is 53.1 Å². The maximum Gasteiger partial charge on any atom is 0.355 e. The molecule has 0 spiro atoms. The number of rotatable bonds is 8. The molecule has 1 aliphatic rings. The normalized spacial score (nSPS) is 14.6. The molecule has 2 heterocycles. The first-order valence-electron chi connectivity index (χ1n) is 9.58. The van der Waals surface area contributed by atoms with Crippen LogP contribution in [0.2, 0.25) is 0 Å². The quantitative estimate of drug-likeness (QED) is 0.554. The van der Waals surface area contributed by atoms with Crippen LogP contribution in [-0.2, 0) is 16.1 Å². The summed E-state index contributed by atoms with van der Waals surface area (Å²) in [6.07, 6.45) is 3.25. The van der Waals surface area contributed by atoms with Gasteiger partial charge in [0, 0.05) is 17.2 Å². The van der Waals surface area contributed by atoms with E-state index in [2.05, 4.69) is 4.98 Å². The summed E-state index contributed by atoms with van der Waals surface area (Å²) in [4.78, 5) is 42.8. The van der Waals surface area contributed by atoms with Crippen LogP contribution in [0.1, 0.15) is 64.6 Å². The van der Waals surface area contributed by atoms with Crippen molar-refractivity contribution in [2.24, 2.45) is 5.92 Å². The Morgan fingerprint density at radius 2 is 2.04 bits per heavy atom. The number of ether oxygens (including phenoxy) is 1. The highest BCUT2D eigenvalue weighted by Crippen LogP contribution is 2.33. The molecule has 0 saturated heterocycles. The minimum absolute atomic E-state index is 0.0197. The second-order valence-electron chi connectivity index (χ2n) is 7.21. The number of nitrogens with zero attached hydrogens (tertiary/aromatic N) is 1. The van der Waals surface area contributed by atoms with Crippen molar-refractivity contribution in [3.63, 3.8) is 0 Å². The van der Waals surface area contributed by atoms with Gasteiger partial charge in [-0.3, -0.25) is 9.59 Å². The number of aromatic amines is 1. The SMILES string of the molecule is CCOC(=O)c1[nH]c(C)c(C(=O)[C@H](C)N(Cc2ccco2)C(=O)C2CC2)c1C. The van der Waals surface area contributed by atoms with E-state index in [9.17, 15) is 14.4 Å². The van der Waals surface area contributed by atoms with Gasteiger partial charge in [0.2, 0.25) is 5.91 Å². The zero-order chi connectivity index (χ0) is 20.4. The van der Waals surface area contributed by atoms with Gasteiger partial charge in [0.15, 0.2) is 5.78 Å². The Bertz CT molecular complexity index is 877. The monoisotopic (exact) mass is 386 g/mol. The van der Waals surface area contributed by atoms with Gasteiger partial charge in [0.25, 0.3) is 0 Å². The number of aromatic nitrogens is 1. The average Bonchev–Trinajstić information content (AvgIpc) is 3.30. The molecule has 1 fully saturated rings. The molecular weight excluding hydrogens is 360 g/mol. The molecule has 0 radical (unpaired) electrons. The highest BCUT2D eigenvalue weighted by atomic mass is 16.5. The number of nitrogens with one attached hydrogen (secondary N) is 1. The van der Waals surface area contributed by atoms with Gasteiger partial charge in [-0.05, 0) is 58.2 Å². The molecule has 0 bridgehead atoms. The molecule has 2 aromatic rings. The fourth-order valence-corrected chi connectivity index (χ4v) is 3.42. The zero-order valence-electron chi connectivity index (χ0n) is 16.7. The number of H-pyrrole nitrogens is 1. The van der Waals surface area contributed by atoms with Crippen molar-refractivity contribution in [2.75, 3.05) is 6.61 Å². The molecule has 1 N–H and O–H groups in total. The van der Waals surface area contributed by atoms with E-state index in [0.29, 0.717) is 22.6 Å². The topological polar surface area (TPSA) is 92.6 Å². The summed E-state index contributed by atoms with van der Waals surface area (Å²) < 4.78 is 10.4. The summed E-state index contributed by atoms with van der Waals surface area (Å²) >= 11 is 0. The number of esters is 1. The van der Waals surface area contributed by atoms with Crippen LogP contribution in [0.25, 0.3) is 0 Å². The molecule has 3 rings (SSSR count). The molecule has 1 saturated carbocycles. The number of ketones is 1. The lowest BCUT2D eigenvalue weighted by Crippen LogP contribution is -2.43. The van der Waals surface area contributed by atoms with Crippen molar-refractivity contribution < 1.29 is 23.5 Å². The van der Waals surface area contributed by atoms with Gasteiger partial charge < -0.3 is 19.0 Å². The first kappa shape index (κ1) is 19.9. The fraction of sp³-hybridized carbons (Fsp3) is 0.476. The molecule has 28 heavy (non-hydrogen) atoms. The minimum atomic E-state index is -0.679. The van der Waals surface area contributed by atoms with Crippen LogP contribution in [0.3, 0.4) is 0 Å². The number of amides is 1. The van der Waals surface area contributed by atoms with E-state index in [1.807, 2.05) is 0 Å². The molecule has 0 aromatic carbocycles. The molecule has 1 amide bonds. The number of carbonyl (C=O) groups is 3. The van der Waals surface area contributed by atoms with E-state index >= 15 is 0 Å². The Hall–Kier alpha value is -2.83. The summed E-state index contributed by atoms with van der Waals surface area (Å²) in [7, 11) is 0. The third-order valence-electron chi connectivity index (χ3n) is 5.13. The molecule has 150 valence electrons. The number of hydrogen-bond acceptors (Lipinski definition) is 5. The third-order valence-corrected chi connectivity index (χ3v) is 5.13. The summed E-state index contributed by atoms with van der Waals surface area (Å²) in [6, 6.07) is 2.87. The average molecular weight is 386 g/mol. The van der Waals surface area contributed by atoms with Crippen LogP contribution in [0.4, 0.5) is 0 Å². The van der Waals surface area contributed by atoms with Crippen LogP contribution in [0, 0.1) is 19.8 Å². The zero-order valence-corrected chi connectivity index (χ0v) is 16.7. The minimum Gasteiger partial charge on any atom is -0.467 e. The van der Waals surface area contributed by atoms with Crippen molar-refractivity contribution in [1.29, 1.82) is 0 Å². The van der Waals surface area contributed by atoms with Crippen LogP contribution < -0.4 is 0 Å². The predicted octanol–water partition coefficient (Wildman–Crippen LogP) is 3.41. The highest BCUT2D eigenvalue weighted by Gasteiger charge is 2.38. The highest BCUT2D eigenvalue weighted by molar-refractivity contribution is 6.06. The predicted molar refractivity (Wildman–Crippen MR) is 102 cm³/mol. The van der Waals surface area contributed by atoms with Crippen molar-refractivity contribution in [1.82, 2.24) is 9.88 Å². The standard InChI is InChI=1S/C21H26N2O5/c1-5-27-21(26)18-12(2)17(13(3)22-18)19(24)14(4)23(20(25)15-8-9-15)11-16-7-6-10-28-16/h6-7,10,14-15,22H,5,8-9,11H2,1-4H3/t14-/m0/s1. The van der Waals surface area contributed by atoms with Gasteiger partial charge in [0.05, 0.1) is 25.5 Å². The van der Waals surface area contributed by atoms with Crippen LogP contribution in [-0.4, -0.2) is 40.2 Å². The molecule has 7 heteroatoms. The maximum absolute atomic E-state index is 13.3. The Morgan fingerprint density at radius 1 is 1.32 bits per heavy atom. The van der Waals surface area contributed by atoms with E-state index < -0.39 is 12.0 Å². The molecule has 0 aliphatic heterocycles. The first-order valence-corrected chi connectivity index (χ1v) is 9.58. The van der Waals surface area contributed by atoms with Crippen molar-refractivity contribution in [3.05, 3.63) is 46.7 Å². The van der Waals surface area contributed by atoms with Gasteiger partial charge in [0.1, 0.15) is 11.5 Å². The lowest BCUT2D eigenvalue weighted by atomic mass is 9.99. The number of carbonyl (C=O) groups excluding carboxylic acids is 3. The first-order chi connectivity index (χ1) is 13.3. The summed E-state index contributed by atoms with van der Waals surface area (Å²) in [5, 5.41) is 0. The van der Waals surface area contributed by atoms with E-state index in [1.54, 1.807) is 51.0 Å². The van der Waals surface area contributed by atoms with E-state index in [1.165, 1.54) is 0 Å². The van der Waals surface area contributed by atoms with E-state index in [4.69, 9.17) is 9.15 Å². The Morgan fingerprint density at radius 3 is 2.61 bits per heavy atom. The summed E-state index contributed by atoms with van der Waals surface area (Å²) in [5.41, 5.74) is 1.85. The van der Waals surface area contributed by atoms with Crippen molar-refractivity contribution >= 4 is 17.7 Å².